The third-order valence-corrected chi connectivity index (χ3v) is 5.87. The number of hydrogen-bond donors (Lipinski definition) is 3. The van der Waals surface area contributed by atoms with Gasteiger partial charge in [0.1, 0.15) is 18.1 Å². The van der Waals surface area contributed by atoms with Gasteiger partial charge < -0.3 is 25.0 Å². The number of hydrogen-bond acceptors (Lipinski definition) is 6. The number of carbonyl (C=O) groups is 1. The van der Waals surface area contributed by atoms with Gasteiger partial charge in [-0.05, 0) is 68.4 Å². The third-order valence-electron chi connectivity index (χ3n) is 5.87. The molecule has 1 aromatic heterocycles. The van der Waals surface area contributed by atoms with Crippen LogP contribution in [0.2, 0.25) is 0 Å². The lowest BCUT2D eigenvalue weighted by molar-refractivity contribution is -0.118. The number of likely N-dealkylation sites (N-methyl/N-ethyl adjacent to an activating group) is 1. The van der Waals surface area contributed by atoms with Crippen LogP contribution in [-0.4, -0.2) is 61.4 Å². The van der Waals surface area contributed by atoms with Crippen LogP contribution in [0.15, 0.2) is 42.6 Å². The molecule has 0 aliphatic carbocycles. The Bertz CT molecular complexity index is 1120. The highest BCUT2D eigenvalue weighted by Crippen LogP contribution is 2.32. The Kier molecular flexibility index (Phi) is 6.96. The van der Waals surface area contributed by atoms with E-state index in [1.807, 2.05) is 57.4 Å². The Morgan fingerprint density at radius 2 is 2.06 bits per heavy atom. The lowest BCUT2D eigenvalue weighted by Crippen LogP contribution is -2.44. The molecule has 0 unspecified atom stereocenters. The van der Waals surface area contributed by atoms with E-state index in [-0.39, 0.29) is 11.9 Å². The number of ether oxygens (including phenoxy) is 2. The van der Waals surface area contributed by atoms with Crippen molar-refractivity contribution in [3.63, 3.8) is 0 Å². The normalized spacial score (nSPS) is 15.2. The fraction of sp³-hybridized carbons (Fsp3) is 0.360. The number of fused-ring (bicyclic) bond motifs is 1. The number of aromatic nitrogens is 2. The van der Waals surface area contributed by atoms with Gasteiger partial charge in [-0.3, -0.25) is 9.89 Å². The number of methoxy groups -OCH3 is 1. The van der Waals surface area contributed by atoms with E-state index < -0.39 is 0 Å². The van der Waals surface area contributed by atoms with Gasteiger partial charge in [-0.2, -0.15) is 5.10 Å². The molecule has 0 radical (unpaired) electrons. The van der Waals surface area contributed by atoms with Gasteiger partial charge in [0.05, 0.1) is 25.0 Å². The molecule has 2 aromatic carbocycles. The monoisotopic (exact) mass is 449 g/mol. The average Bonchev–Trinajstić information content (AvgIpc) is 3.24. The van der Waals surface area contributed by atoms with E-state index in [9.17, 15) is 4.79 Å². The number of H-pyrrole nitrogens is 1. The van der Waals surface area contributed by atoms with Crippen LogP contribution in [0.1, 0.15) is 16.8 Å². The molecule has 8 heteroatoms. The van der Waals surface area contributed by atoms with Crippen molar-refractivity contribution >= 4 is 11.6 Å². The summed E-state index contributed by atoms with van der Waals surface area (Å²) in [5.74, 6) is 1.35. The minimum Gasteiger partial charge on any atom is -0.497 e. The Hall–Kier alpha value is -3.36. The first-order valence-corrected chi connectivity index (χ1v) is 11.1. The van der Waals surface area contributed by atoms with Crippen molar-refractivity contribution in [2.24, 2.45) is 0 Å². The van der Waals surface area contributed by atoms with Crippen molar-refractivity contribution in [3.05, 3.63) is 59.4 Å². The Balaban J connectivity index is 1.53. The van der Waals surface area contributed by atoms with Gasteiger partial charge in [-0.25, -0.2) is 0 Å². The second-order valence-corrected chi connectivity index (χ2v) is 8.53. The van der Waals surface area contributed by atoms with Gasteiger partial charge in [0.25, 0.3) is 0 Å². The molecule has 2 heterocycles. The molecule has 1 aliphatic heterocycles. The minimum atomic E-state index is -0.338. The van der Waals surface area contributed by atoms with Crippen molar-refractivity contribution in [2.75, 3.05) is 39.7 Å². The van der Waals surface area contributed by atoms with Gasteiger partial charge in [-0.15, -0.1) is 0 Å². The highest BCUT2D eigenvalue weighted by atomic mass is 16.5. The zero-order chi connectivity index (χ0) is 23.4. The SMILES string of the molecule is COc1ccc2c(c1)C[C@H](C(=O)Nc1ccc(-c3cn[nH]c3C)cc1OCCN(C)C)NC2. The summed E-state index contributed by atoms with van der Waals surface area (Å²) < 4.78 is 11.4. The van der Waals surface area contributed by atoms with E-state index in [1.54, 1.807) is 13.3 Å². The first-order chi connectivity index (χ1) is 15.9. The van der Waals surface area contributed by atoms with Crippen LogP contribution in [0.3, 0.4) is 0 Å². The molecule has 0 spiro atoms. The molecule has 3 aromatic rings. The predicted molar refractivity (Wildman–Crippen MR) is 129 cm³/mol. The molecule has 0 saturated heterocycles. The minimum absolute atomic E-state index is 0.0897. The maximum absolute atomic E-state index is 13.2. The number of aromatic amines is 1. The third kappa shape index (κ3) is 5.35. The number of aryl methyl sites for hydroxylation is 1. The van der Waals surface area contributed by atoms with E-state index in [4.69, 9.17) is 9.47 Å². The van der Waals surface area contributed by atoms with E-state index in [1.165, 1.54) is 5.56 Å². The van der Waals surface area contributed by atoms with E-state index >= 15 is 0 Å². The van der Waals surface area contributed by atoms with E-state index in [2.05, 4.69) is 25.7 Å². The number of benzene rings is 2. The molecule has 3 N–H and O–H groups in total. The maximum Gasteiger partial charge on any atom is 0.241 e. The number of rotatable bonds is 8. The highest BCUT2D eigenvalue weighted by Gasteiger charge is 2.25. The Morgan fingerprint density at radius 3 is 2.79 bits per heavy atom. The first kappa shape index (κ1) is 22.8. The van der Waals surface area contributed by atoms with Crippen LogP contribution < -0.4 is 20.1 Å². The molecule has 0 bridgehead atoms. The van der Waals surface area contributed by atoms with Gasteiger partial charge in [0.15, 0.2) is 0 Å². The second kappa shape index (κ2) is 10.1. The van der Waals surface area contributed by atoms with Crippen molar-refractivity contribution in [3.8, 4) is 22.6 Å². The molecule has 33 heavy (non-hydrogen) atoms. The first-order valence-electron chi connectivity index (χ1n) is 11.1. The lowest BCUT2D eigenvalue weighted by Gasteiger charge is -2.26. The van der Waals surface area contributed by atoms with Crippen molar-refractivity contribution < 1.29 is 14.3 Å². The van der Waals surface area contributed by atoms with Gasteiger partial charge in [0, 0.05) is 24.3 Å². The fourth-order valence-electron chi connectivity index (χ4n) is 3.91. The summed E-state index contributed by atoms with van der Waals surface area (Å²) >= 11 is 0. The zero-order valence-corrected chi connectivity index (χ0v) is 19.6. The summed E-state index contributed by atoms with van der Waals surface area (Å²) in [4.78, 5) is 15.2. The summed E-state index contributed by atoms with van der Waals surface area (Å²) in [6, 6.07) is 11.5. The molecule has 1 atom stereocenters. The number of nitrogens with zero attached hydrogens (tertiary/aromatic N) is 2. The Morgan fingerprint density at radius 1 is 1.21 bits per heavy atom. The molecule has 1 amide bonds. The summed E-state index contributed by atoms with van der Waals surface area (Å²) in [6.07, 6.45) is 2.39. The van der Waals surface area contributed by atoms with Crippen LogP contribution >= 0.6 is 0 Å². The standard InChI is InChI=1S/C25H31N5O3/c1-16-21(15-27-29-16)17-6-8-22(24(13-17)33-10-9-30(2)3)28-25(31)23-12-19-11-20(32-4)7-5-18(19)14-26-23/h5-8,11,13,15,23,26H,9-10,12,14H2,1-4H3,(H,27,29)(H,28,31)/t23-/m1/s1. The molecule has 174 valence electrons. The maximum atomic E-state index is 13.2. The second-order valence-electron chi connectivity index (χ2n) is 8.53. The van der Waals surface area contributed by atoms with Crippen LogP contribution in [0.4, 0.5) is 5.69 Å². The average molecular weight is 450 g/mol. The van der Waals surface area contributed by atoms with Gasteiger partial charge >= 0.3 is 0 Å². The van der Waals surface area contributed by atoms with Gasteiger partial charge in [0.2, 0.25) is 5.91 Å². The molecule has 0 saturated carbocycles. The number of amides is 1. The summed E-state index contributed by atoms with van der Waals surface area (Å²) in [7, 11) is 5.65. The highest BCUT2D eigenvalue weighted by molar-refractivity contribution is 5.97. The van der Waals surface area contributed by atoms with E-state index in [0.717, 1.165) is 34.7 Å². The Labute approximate surface area is 194 Å². The van der Waals surface area contributed by atoms with Crippen LogP contribution in [0.5, 0.6) is 11.5 Å². The van der Waals surface area contributed by atoms with Crippen molar-refractivity contribution in [1.29, 1.82) is 0 Å². The topological polar surface area (TPSA) is 91.5 Å². The molecule has 4 rings (SSSR count). The zero-order valence-electron chi connectivity index (χ0n) is 19.6. The lowest BCUT2D eigenvalue weighted by atomic mass is 9.95. The fourth-order valence-corrected chi connectivity index (χ4v) is 3.91. The van der Waals surface area contributed by atoms with Crippen LogP contribution in [0.25, 0.3) is 11.1 Å². The molecule has 0 fully saturated rings. The molecular formula is C25H31N5O3. The molecular weight excluding hydrogens is 418 g/mol. The van der Waals surface area contributed by atoms with Crippen LogP contribution in [0, 0.1) is 6.92 Å². The largest absolute Gasteiger partial charge is 0.497 e. The van der Waals surface area contributed by atoms with Crippen LogP contribution in [-0.2, 0) is 17.8 Å². The molecule has 1 aliphatic rings. The number of anilines is 1. The number of carbonyl (C=O) groups excluding carboxylic acids is 1. The predicted octanol–water partition coefficient (Wildman–Crippen LogP) is 2.99. The molecule has 8 nitrogen and oxygen atoms in total. The van der Waals surface area contributed by atoms with Crippen molar-refractivity contribution in [2.45, 2.75) is 25.9 Å². The summed E-state index contributed by atoms with van der Waals surface area (Å²) in [5.41, 5.74) is 5.93. The number of nitrogens with one attached hydrogen (secondary N) is 3. The summed E-state index contributed by atoms with van der Waals surface area (Å²) in [5, 5.41) is 13.5. The smallest absolute Gasteiger partial charge is 0.241 e. The van der Waals surface area contributed by atoms with Gasteiger partial charge in [-0.1, -0.05) is 12.1 Å². The van der Waals surface area contributed by atoms with Crippen molar-refractivity contribution in [1.82, 2.24) is 20.4 Å². The summed E-state index contributed by atoms with van der Waals surface area (Å²) in [6.45, 7) is 3.90. The quantitative estimate of drug-likeness (QED) is 0.490. The van der Waals surface area contributed by atoms with E-state index in [0.29, 0.717) is 31.0 Å².